The standard InChI is InChI=1S/C17H18N4O3/c1-11(19-16-9-8-15(10-18-16)21(23)24)12-4-6-14(7-5-12)20-17(22)13-2-3-13/h4-11,13H,2-3H2,1H3,(H,18,19)(H,20,22). The normalized spacial score (nSPS) is 14.7. The molecule has 24 heavy (non-hydrogen) atoms. The van der Waals surface area contributed by atoms with E-state index in [0.717, 1.165) is 24.1 Å². The van der Waals surface area contributed by atoms with Gasteiger partial charge < -0.3 is 10.6 Å². The first-order valence-electron chi connectivity index (χ1n) is 7.81. The maximum atomic E-state index is 11.7. The highest BCUT2D eigenvalue weighted by molar-refractivity contribution is 5.94. The Kier molecular flexibility index (Phi) is 4.41. The van der Waals surface area contributed by atoms with Crippen molar-refractivity contribution in [3.8, 4) is 0 Å². The molecule has 0 radical (unpaired) electrons. The van der Waals surface area contributed by atoms with Crippen LogP contribution in [0, 0.1) is 16.0 Å². The summed E-state index contributed by atoms with van der Waals surface area (Å²) in [4.78, 5) is 25.9. The summed E-state index contributed by atoms with van der Waals surface area (Å²) in [5.74, 6) is 0.835. The molecule has 0 spiro atoms. The van der Waals surface area contributed by atoms with Crippen molar-refractivity contribution >= 4 is 23.1 Å². The quantitative estimate of drug-likeness (QED) is 0.625. The van der Waals surface area contributed by atoms with Gasteiger partial charge in [0.1, 0.15) is 12.0 Å². The Labute approximate surface area is 139 Å². The van der Waals surface area contributed by atoms with E-state index in [2.05, 4.69) is 15.6 Å². The maximum Gasteiger partial charge on any atom is 0.287 e. The van der Waals surface area contributed by atoms with Crippen LogP contribution in [-0.4, -0.2) is 15.8 Å². The summed E-state index contributed by atoms with van der Waals surface area (Å²) in [5, 5.41) is 16.7. The molecule has 0 bridgehead atoms. The number of pyridine rings is 1. The fourth-order valence-electron chi connectivity index (χ4n) is 2.33. The van der Waals surface area contributed by atoms with E-state index in [9.17, 15) is 14.9 Å². The molecule has 124 valence electrons. The van der Waals surface area contributed by atoms with Crippen LogP contribution in [0.4, 0.5) is 17.2 Å². The van der Waals surface area contributed by atoms with Gasteiger partial charge in [-0.05, 0) is 43.5 Å². The molecule has 7 nitrogen and oxygen atoms in total. The van der Waals surface area contributed by atoms with Crippen LogP contribution in [0.3, 0.4) is 0 Å². The van der Waals surface area contributed by atoms with E-state index in [1.54, 1.807) is 6.07 Å². The largest absolute Gasteiger partial charge is 0.364 e. The van der Waals surface area contributed by atoms with E-state index in [0.29, 0.717) is 5.82 Å². The van der Waals surface area contributed by atoms with Crippen LogP contribution in [0.15, 0.2) is 42.6 Å². The fraction of sp³-hybridized carbons (Fsp3) is 0.294. The lowest BCUT2D eigenvalue weighted by molar-refractivity contribution is -0.385. The minimum Gasteiger partial charge on any atom is -0.364 e. The van der Waals surface area contributed by atoms with Gasteiger partial charge in [-0.2, -0.15) is 0 Å². The molecule has 2 N–H and O–H groups in total. The Morgan fingerprint density at radius 2 is 1.96 bits per heavy atom. The van der Waals surface area contributed by atoms with Gasteiger partial charge in [-0.25, -0.2) is 4.98 Å². The third-order valence-corrected chi connectivity index (χ3v) is 3.95. The average Bonchev–Trinajstić information content (AvgIpc) is 3.41. The van der Waals surface area contributed by atoms with Crippen LogP contribution in [0.2, 0.25) is 0 Å². The van der Waals surface area contributed by atoms with Crippen molar-refractivity contribution in [2.24, 2.45) is 5.92 Å². The van der Waals surface area contributed by atoms with Crippen LogP contribution in [0.1, 0.15) is 31.4 Å². The zero-order valence-corrected chi connectivity index (χ0v) is 13.2. The first-order valence-corrected chi connectivity index (χ1v) is 7.81. The Balaban J connectivity index is 1.60. The highest BCUT2D eigenvalue weighted by Gasteiger charge is 2.29. The van der Waals surface area contributed by atoms with Gasteiger partial charge in [-0.15, -0.1) is 0 Å². The van der Waals surface area contributed by atoms with Crippen molar-refractivity contribution in [1.29, 1.82) is 0 Å². The fourth-order valence-corrected chi connectivity index (χ4v) is 2.33. The Hall–Kier alpha value is -2.96. The molecule has 1 aromatic carbocycles. The van der Waals surface area contributed by atoms with Gasteiger partial charge in [0.15, 0.2) is 0 Å². The lowest BCUT2D eigenvalue weighted by Crippen LogP contribution is -2.13. The average molecular weight is 326 g/mol. The molecule has 7 heteroatoms. The number of hydrogen-bond donors (Lipinski definition) is 2. The van der Waals surface area contributed by atoms with E-state index >= 15 is 0 Å². The number of carbonyl (C=O) groups excluding carboxylic acids is 1. The van der Waals surface area contributed by atoms with E-state index in [1.807, 2.05) is 31.2 Å². The molecule has 1 fully saturated rings. The van der Waals surface area contributed by atoms with E-state index in [4.69, 9.17) is 0 Å². The number of carbonyl (C=O) groups is 1. The number of hydrogen-bond acceptors (Lipinski definition) is 5. The maximum absolute atomic E-state index is 11.7. The summed E-state index contributed by atoms with van der Waals surface area (Å²) in [6.07, 6.45) is 3.19. The van der Waals surface area contributed by atoms with Gasteiger partial charge in [0, 0.05) is 23.7 Å². The van der Waals surface area contributed by atoms with Crippen molar-refractivity contribution in [3.05, 3.63) is 58.3 Å². The number of rotatable bonds is 6. The zero-order chi connectivity index (χ0) is 17.1. The number of amides is 1. The van der Waals surface area contributed by atoms with Crippen LogP contribution in [0.25, 0.3) is 0 Å². The molecule has 1 aliphatic carbocycles. The van der Waals surface area contributed by atoms with Crippen LogP contribution in [-0.2, 0) is 4.79 Å². The first kappa shape index (κ1) is 15.9. The van der Waals surface area contributed by atoms with Crippen molar-refractivity contribution < 1.29 is 9.72 Å². The second-order valence-corrected chi connectivity index (χ2v) is 5.91. The van der Waals surface area contributed by atoms with Gasteiger partial charge in [-0.1, -0.05) is 12.1 Å². The van der Waals surface area contributed by atoms with Crippen molar-refractivity contribution in [2.75, 3.05) is 10.6 Å². The van der Waals surface area contributed by atoms with E-state index in [-0.39, 0.29) is 23.6 Å². The van der Waals surface area contributed by atoms with Crippen LogP contribution in [0.5, 0.6) is 0 Å². The van der Waals surface area contributed by atoms with Crippen LogP contribution < -0.4 is 10.6 Å². The molecule has 1 heterocycles. The zero-order valence-electron chi connectivity index (χ0n) is 13.2. The second kappa shape index (κ2) is 6.66. The summed E-state index contributed by atoms with van der Waals surface area (Å²) in [7, 11) is 0. The summed E-state index contributed by atoms with van der Waals surface area (Å²) in [6, 6.07) is 10.6. The molecular weight excluding hydrogens is 308 g/mol. The molecule has 1 aliphatic rings. The topological polar surface area (TPSA) is 97.2 Å². The molecule has 0 aliphatic heterocycles. The molecule has 1 unspecified atom stereocenters. The predicted octanol–water partition coefficient (Wildman–Crippen LogP) is 3.51. The smallest absolute Gasteiger partial charge is 0.287 e. The minimum atomic E-state index is -0.477. The molecule has 1 saturated carbocycles. The number of aromatic nitrogens is 1. The van der Waals surface area contributed by atoms with E-state index in [1.165, 1.54) is 12.3 Å². The number of nitro groups is 1. The highest BCUT2D eigenvalue weighted by Crippen LogP contribution is 2.30. The van der Waals surface area contributed by atoms with Gasteiger partial charge >= 0.3 is 0 Å². The summed E-state index contributed by atoms with van der Waals surface area (Å²) < 4.78 is 0. The highest BCUT2D eigenvalue weighted by atomic mass is 16.6. The number of nitrogens with zero attached hydrogens (tertiary/aromatic N) is 2. The summed E-state index contributed by atoms with van der Waals surface area (Å²) in [6.45, 7) is 1.97. The van der Waals surface area contributed by atoms with Gasteiger partial charge in [-0.3, -0.25) is 14.9 Å². The molecule has 3 rings (SSSR count). The molecule has 2 aromatic rings. The lowest BCUT2D eigenvalue weighted by Gasteiger charge is -2.15. The van der Waals surface area contributed by atoms with Gasteiger partial charge in [0.25, 0.3) is 5.69 Å². The minimum absolute atomic E-state index is 0.0212. The van der Waals surface area contributed by atoms with Crippen molar-refractivity contribution in [2.45, 2.75) is 25.8 Å². The lowest BCUT2D eigenvalue weighted by atomic mass is 10.1. The molecular formula is C17H18N4O3. The number of nitrogens with one attached hydrogen (secondary N) is 2. The Bertz CT molecular complexity index is 739. The third-order valence-electron chi connectivity index (χ3n) is 3.95. The van der Waals surface area contributed by atoms with Crippen molar-refractivity contribution in [1.82, 2.24) is 4.98 Å². The van der Waals surface area contributed by atoms with Gasteiger partial charge in [0.05, 0.1) is 4.92 Å². The molecule has 1 atom stereocenters. The number of benzene rings is 1. The van der Waals surface area contributed by atoms with Crippen LogP contribution >= 0.6 is 0 Å². The number of anilines is 2. The van der Waals surface area contributed by atoms with Crippen molar-refractivity contribution in [3.63, 3.8) is 0 Å². The monoisotopic (exact) mass is 326 g/mol. The third kappa shape index (κ3) is 3.87. The molecule has 1 amide bonds. The predicted molar refractivity (Wildman–Crippen MR) is 90.7 cm³/mol. The molecule has 0 saturated heterocycles. The second-order valence-electron chi connectivity index (χ2n) is 5.91. The molecule has 1 aromatic heterocycles. The summed E-state index contributed by atoms with van der Waals surface area (Å²) in [5.41, 5.74) is 1.78. The Morgan fingerprint density at radius 3 is 2.50 bits per heavy atom. The summed E-state index contributed by atoms with van der Waals surface area (Å²) >= 11 is 0. The van der Waals surface area contributed by atoms with Gasteiger partial charge in [0.2, 0.25) is 5.91 Å². The first-order chi connectivity index (χ1) is 11.5. The van der Waals surface area contributed by atoms with E-state index < -0.39 is 4.92 Å². The Morgan fingerprint density at radius 1 is 1.25 bits per heavy atom. The SMILES string of the molecule is CC(Nc1ccc([N+](=O)[O-])cn1)c1ccc(NC(=O)C2CC2)cc1.